The lowest BCUT2D eigenvalue weighted by molar-refractivity contribution is 1.33. The fraction of sp³-hybridized carbons (Fsp3) is 0. The zero-order chi connectivity index (χ0) is 19.6. The summed E-state index contributed by atoms with van der Waals surface area (Å²) in [7, 11) is 2.72. The zero-order valence-electron chi connectivity index (χ0n) is 15.8. The standard InChI is InChI=1S/C26H19N2P/c29-25-9-7-19(8-10-25)22-5-6-23-15-24(17-28-26(23)16-22)20-3-1-18(2-4-20)21-11-13-27-14-12-21/h1-17H,29H2. The van der Waals surface area contributed by atoms with Gasteiger partial charge in [0, 0.05) is 29.5 Å². The number of benzene rings is 3. The SMILES string of the molecule is Pc1ccc(-c2ccc3cc(-c4ccc(-c5ccncc5)cc4)cnc3c2)cc1. The molecule has 0 fully saturated rings. The maximum absolute atomic E-state index is 4.73. The molecule has 138 valence electrons. The van der Waals surface area contributed by atoms with Gasteiger partial charge in [-0.2, -0.15) is 0 Å². The van der Waals surface area contributed by atoms with Gasteiger partial charge in [-0.25, -0.2) is 0 Å². The molecule has 2 aromatic heterocycles. The van der Waals surface area contributed by atoms with Crippen LogP contribution in [0.4, 0.5) is 0 Å². The van der Waals surface area contributed by atoms with Crippen LogP contribution in [0.25, 0.3) is 44.3 Å². The maximum Gasteiger partial charge on any atom is 0.0708 e. The van der Waals surface area contributed by atoms with Crippen LogP contribution in [-0.4, -0.2) is 9.97 Å². The van der Waals surface area contributed by atoms with Crippen LogP contribution in [0.2, 0.25) is 0 Å². The van der Waals surface area contributed by atoms with E-state index in [-0.39, 0.29) is 0 Å². The molecule has 0 amide bonds. The minimum absolute atomic E-state index is 1.01. The molecule has 2 heterocycles. The van der Waals surface area contributed by atoms with Crippen LogP contribution >= 0.6 is 9.24 Å². The van der Waals surface area contributed by atoms with E-state index in [0.717, 1.165) is 22.0 Å². The summed E-state index contributed by atoms with van der Waals surface area (Å²) in [4.78, 5) is 8.81. The van der Waals surface area contributed by atoms with Crippen molar-refractivity contribution < 1.29 is 0 Å². The molecule has 0 radical (unpaired) electrons. The Labute approximate surface area is 172 Å². The van der Waals surface area contributed by atoms with Crippen molar-refractivity contribution >= 4 is 25.4 Å². The first-order chi connectivity index (χ1) is 14.3. The van der Waals surface area contributed by atoms with Crippen molar-refractivity contribution in [3.63, 3.8) is 0 Å². The average molecular weight is 390 g/mol. The molecule has 5 aromatic rings. The Balaban J connectivity index is 1.47. The van der Waals surface area contributed by atoms with Gasteiger partial charge in [-0.1, -0.05) is 60.7 Å². The summed E-state index contributed by atoms with van der Waals surface area (Å²) >= 11 is 0. The van der Waals surface area contributed by atoms with Gasteiger partial charge in [0.25, 0.3) is 0 Å². The van der Waals surface area contributed by atoms with Crippen molar-refractivity contribution in [2.45, 2.75) is 0 Å². The Kier molecular flexibility index (Phi) is 4.63. The maximum atomic E-state index is 4.73. The van der Waals surface area contributed by atoms with Gasteiger partial charge in [-0.05, 0) is 57.4 Å². The van der Waals surface area contributed by atoms with E-state index in [1.807, 2.05) is 30.7 Å². The molecule has 0 aliphatic carbocycles. The van der Waals surface area contributed by atoms with Gasteiger partial charge in [-0.15, -0.1) is 9.24 Å². The lowest BCUT2D eigenvalue weighted by Gasteiger charge is -2.08. The van der Waals surface area contributed by atoms with Gasteiger partial charge in [0.05, 0.1) is 5.52 Å². The third kappa shape index (κ3) is 3.68. The highest BCUT2D eigenvalue weighted by Crippen LogP contribution is 2.28. The van der Waals surface area contributed by atoms with E-state index in [0.29, 0.717) is 0 Å². The van der Waals surface area contributed by atoms with Crippen LogP contribution in [0.1, 0.15) is 0 Å². The highest BCUT2D eigenvalue weighted by Gasteiger charge is 2.05. The van der Waals surface area contributed by atoms with Gasteiger partial charge in [-0.3, -0.25) is 9.97 Å². The summed E-state index contributed by atoms with van der Waals surface area (Å²) < 4.78 is 0. The number of hydrogen-bond donors (Lipinski definition) is 0. The predicted octanol–water partition coefficient (Wildman–Crippen LogP) is 6.13. The van der Waals surface area contributed by atoms with E-state index in [1.165, 1.54) is 27.6 Å². The third-order valence-corrected chi connectivity index (χ3v) is 5.54. The van der Waals surface area contributed by atoms with Gasteiger partial charge >= 0.3 is 0 Å². The van der Waals surface area contributed by atoms with Crippen LogP contribution in [-0.2, 0) is 0 Å². The molecular formula is C26H19N2P. The highest BCUT2D eigenvalue weighted by molar-refractivity contribution is 7.27. The number of pyridine rings is 2. The van der Waals surface area contributed by atoms with Crippen molar-refractivity contribution in [1.82, 2.24) is 9.97 Å². The lowest BCUT2D eigenvalue weighted by atomic mass is 9.99. The smallest absolute Gasteiger partial charge is 0.0708 e. The minimum atomic E-state index is 1.01. The molecule has 5 rings (SSSR count). The summed E-state index contributed by atoms with van der Waals surface area (Å²) in [5, 5.41) is 2.33. The normalized spacial score (nSPS) is 10.9. The van der Waals surface area contributed by atoms with Crippen molar-refractivity contribution in [2.75, 3.05) is 0 Å². The fourth-order valence-corrected chi connectivity index (χ4v) is 3.73. The molecule has 1 atom stereocenters. The minimum Gasteiger partial charge on any atom is -0.265 e. The van der Waals surface area contributed by atoms with E-state index in [2.05, 4.69) is 87.0 Å². The molecular weight excluding hydrogens is 371 g/mol. The summed E-state index contributed by atoms with van der Waals surface area (Å²) in [6, 6.07) is 29.8. The monoisotopic (exact) mass is 390 g/mol. The van der Waals surface area contributed by atoms with E-state index in [9.17, 15) is 0 Å². The molecule has 1 unspecified atom stereocenters. The zero-order valence-corrected chi connectivity index (χ0v) is 16.9. The first-order valence-corrected chi connectivity index (χ1v) is 10.1. The molecule has 0 saturated carbocycles. The first-order valence-electron chi connectivity index (χ1n) is 9.53. The molecule has 29 heavy (non-hydrogen) atoms. The average Bonchev–Trinajstić information content (AvgIpc) is 2.80. The second-order valence-corrected chi connectivity index (χ2v) is 7.73. The Morgan fingerprint density at radius 2 is 1.07 bits per heavy atom. The van der Waals surface area contributed by atoms with Crippen LogP contribution in [0, 0.1) is 0 Å². The van der Waals surface area contributed by atoms with Crippen molar-refractivity contribution in [2.24, 2.45) is 0 Å². The molecule has 0 saturated heterocycles. The van der Waals surface area contributed by atoms with Crippen LogP contribution < -0.4 is 5.30 Å². The Hall–Kier alpha value is -3.35. The Morgan fingerprint density at radius 1 is 0.517 bits per heavy atom. The predicted molar refractivity (Wildman–Crippen MR) is 125 cm³/mol. The second-order valence-electron chi connectivity index (χ2n) is 7.07. The Morgan fingerprint density at radius 3 is 1.79 bits per heavy atom. The van der Waals surface area contributed by atoms with Gasteiger partial charge < -0.3 is 0 Å². The molecule has 0 aliphatic heterocycles. The molecule has 2 nitrogen and oxygen atoms in total. The largest absolute Gasteiger partial charge is 0.265 e. The lowest BCUT2D eigenvalue weighted by Crippen LogP contribution is -1.89. The molecule has 0 bridgehead atoms. The first kappa shape index (κ1) is 17.7. The Bertz CT molecular complexity index is 1280. The van der Waals surface area contributed by atoms with Crippen LogP contribution in [0.15, 0.2) is 104 Å². The van der Waals surface area contributed by atoms with Crippen molar-refractivity contribution in [3.05, 3.63) is 104 Å². The molecule has 3 heteroatoms. The number of rotatable bonds is 3. The fourth-order valence-electron chi connectivity index (χ4n) is 3.53. The van der Waals surface area contributed by atoms with E-state index < -0.39 is 0 Å². The molecule has 0 spiro atoms. The van der Waals surface area contributed by atoms with Crippen LogP contribution in [0.3, 0.4) is 0 Å². The van der Waals surface area contributed by atoms with E-state index in [1.54, 1.807) is 0 Å². The van der Waals surface area contributed by atoms with Gasteiger partial charge in [0.15, 0.2) is 0 Å². The van der Waals surface area contributed by atoms with Crippen molar-refractivity contribution in [1.29, 1.82) is 0 Å². The van der Waals surface area contributed by atoms with Gasteiger partial charge in [0.2, 0.25) is 0 Å². The summed E-state index contributed by atoms with van der Waals surface area (Å²) in [5.41, 5.74) is 8.04. The summed E-state index contributed by atoms with van der Waals surface area (Å²) in [6.07, 6.45) is 5.60. The molecule has 0 N–H and O–H groups in total. The van der Waals surface area contributed by atoms with E-state index >= 15 is 0 Å². The molecule has 0 aliphatic rings. The number of hydrogen-bond acceptors (Lipinski definition) is 2. The quantitative estimate of drug-likeness (QED) is 0.346. The molecule has 3 aromatic carbocycles. The van der Waals surface area contributed by atoms with Gasteiger partial charge in [0.1, 0.15) is 0 Å². The second kappa shape index (κ2) is 7.58. The third-order valence-electron chi connectivity index (χ3n) is 5.16. The summed E-state index contributed by atoms with van der Waals surface area (Å²) in [5.74, 6) is 0. The number of fused-ring (bicyclic) bond motifs is 1. The van der Waals surface area contributed by atoms with E-state index in [4.69, 9.17) is 4.98 Å². The van der Waals surface area contributed by atoms with Crippen LogP contribution in [0.5, 0.6) is 0 Å². The highest BCUT2D eigenvalue weighted by atomic mass is 31.0. The topological polar surface area (TPSA) is 25.8 Å². The van der Waals surface area contributed by atoms with Crippen molar-refractivity contribution in [3.8, 4) is 33.4 Å². The summed E-state index contributed by atoms with van der Waals surface area (Å²) in [6.45, 7) is 0. The number of nitrogens with zero attached hydrogens (tertiary/aromatic N) is 2. The number of aromatic nitrogens is 2.